The van der Waals surface area contributed by atoms with Crippen molar-refractivity contribution < 1.29 is 13.9 Å². The molecule has 2 aromatic carbocycles. The van der Waals surface area contributed by atoms with Crippen LogP contribution in [0.3, 0.4) is 0 Å². The fraction of sp³-hybridized carbons (Fsp3) is 0.143. The quantitative estimate of drug-likeness (QED) is 0.792. The van der Waals surface area contributed by atoms with E-state index in [0.717, 1.165) is 23.3 Å². The molecule has 1 N–H and O–H groups in total. The Kier molecular flexibility index (Phi) is 2.84. The summed E-state index contributed by atoms with van der Waals surface area (Å²) in [5.74, 6) is -1.92. The average molecular weight is 234 g/mol. The van der Waals surface area contributed by atoms with Crippen LogP contribution < -0.4 is 0 Å². The minimum absolute atomic E-state index is 0.102. The molecule has 0 amide bonds. The first kappa shape index (κ1) is 11.6. The first-order valence-corrected chi connectivity index (χ1v) is 5.24. The van der Waals surface area contributed by atoms with E-state index >= 15 is 0 Å². The average Bonchev–Trinajstić information content (AvgIpc) is 2.13. The zero-order chi connectivity index (χ0) is 12.6. The van der Waals surface area contributed by atoms with E-state index in [1.54, 1.807) is 12.1 Å². The third-order valence-corrected chi connectivity index (χ3v) is 2.54. The zero-order valence-electron chi connectivity index (χ0n) is 9.59. The second kappa shape index (κ2) is 4.17. The molecule has 0 atom stereocenters. The van der Waals surface area contributed by atoms with E-state index in [1.165, 1.54) is 0 Å². The number of phenols is 1. The molecule has 0 spiro atoms. The van der Waals surface area contributed by atoms with Crippen molar-refractivity contribution in [3.05, 3.63) is 53.1 Å². The van der Waals surface area contributed by atoms with E-state index in [4.69, 9.17) is 5.11 Å². The standard InChI is InChI=1S/C14H12F2O/c1-8-3-9(2)5-10(4-8)14-12(15)6-11(17)7-13(14)16/h3-7,17H,1-2H3. The van der Waals surface area contributed by atoms with Crippen molar-refractivity contribution in [3.8, 4) is 16.9 Å². The highest BCUT2D eigenvalue weighted by Crippen LogP contribution is 2.30. The summed E-state index contributed by atoms with van der Waals surface area (Å²) in [6.07, 6.45) is 0. The molecule has 0 aliphatic rings. The third kappa shape index (κ3) is 2.28. The molecule has 0 aliphatic heterocycles. The Labute approximate surface area is 98.3 Å². The monoisotopic (exact) mass is 234 g/mol. The van der Waals surface area contributed by atoms with Gasteiger partial charge in [-0.25, -0.2) is 8.78 Å². The van der Waals surface area contributed by atoms with E-state index in [-0.39, 0.29) is 5.56 Å². The summed E-state index contributed by atoms with van der Waals surface area (Å²) in [6.45, 7) is 3.74. The molecule has 0 saturated carbocycles. The van der Waals surface area contributed by atoms with E-state index in [1.807, 2.05) is 19.9 Å². The molecule has 1 nitrogen and oxygen atoms in total. The largest absolute Gasteiger partial charge is 0.508 e. The highest BCUT2D eigenvalue weighted by atomic mass is 19.1. The normalized spacial score (nSPS) is 10.6. The molecule has 0 aromatic heterocycles. The van der Waals surface area contributed by atoms with Gasteiger partial charge >= 0.3 is 0 Å². The van der Waals surface area contributed by atoms with Gasteiger partial charge in [-0.1, -0.05) is 29.3 Å². The van der Waals surface area contributed by atoms with Gasteiger partial charge < -0.3 is 5.11 Å². The Balaban J connectivity index is 2.68. The molecule has 0 radical (unpaired) electrons. The van der Waals surface area contributed by atoms with Crippen molar-refractivity contribution in [2.45, 2.75) is 13.8 Å². The smallest absolute Gasteiger partial charge is 0.137 e. The molecule has 88 valence electrons. The van der Waals surface area contributed by atoms with E-state index in [0.29, 0.717) is 5.56 Å². The van der Waals surface area contributed by atoms with Crippen LogP contribution in [-0.2, 0) is 0 Å². The zero-order valence-corrected chi connectivity index (χ0v) is 9.59. The number of phenolic OH excluding ortho intramolecular Hbond substituents is 1. The maximum atomic E-state index is 13.7. The van der Waals surface area contributed by atoms with Crippen LogP contribution in [-0.4, -0.2) is 5.11 Å². The minimum Gasteiger partial charge on any atom is -0.508 e. The van der Waals surface area contributed by atoms with Gasteiger partial charge in [-0.05, 0) is 19.4 Å². The Bertz CT molecular complexity index is 533. The Hall–Kier alpha value is -1.90. The minimum atomic E-state index is -0.757. The lowest BCUT2D eigenvalue weighted by Crippen LogP contribution is -1.91. The number of halogens is 2. The summed E-state index contributed by atoms with van der Waals surface area (Å²) in [7, 11) is 0. The number of rotatable bonds is 1. The fourth-order valence-electron chi connectivity index (χ4n) is 1.95. The molecule has 17 heavy (non-hydrogen) atoms. The number of benzene rings is 2. The van der Waals surface area contributed by atoms with Crippen LogP contribution in [0.4, 0.5) is 8.78 Å². The van der Waals surface area contributed by atoms with Crippen LogP contribution in [0, 0.1) is 25.5 Å². The summed E-state index contributed by atoms with van der Waals surface area (Å²) in [5.41, 5.74) is 2.26. The van der Waals surface area contributed by atoms with E-state index in [9.17, 15) is 8.78 Å². The maximum Gasteiger partial charge on any atom is 0.137 e. The fourth-order valence-corrected chi connectivity index (χ4v) is 1.95. The number of aryl methyl sites for hydroxylation is 2. The first-order valence-electron chi connectivity index (χ1n) is 5.24. The highest BCUT2D eigenvalue weighted by Gasteiger charge is 2.13. The maximum absolute atomic E-state index is 13.7. The summed E-state index contributed by atoms with van der Waals surface area (Å²) in [6, 6.07) is 7.18. The summed E-state index contributed by atoms with van der Waals surface area (Å²) in [4.78, 5) is 0. The SMILES string of the molecule is Cc1cc(C)cc(-c2c(F)cc(O)cc2F)c1. The van der Waals surface area contributed by atoms with Crippen molar-refractivity contribution in [1.29, 1.82) is 0 Å². The van der Waals surface area contributed by atoms with Gasteiger partial charge in [0.2, 0.25) is 0 Å². The van der Waals surface area contributed by atoms with Gasteiger partial charge in [-0.15, -0.1) is 0 Å². The Morgan fingerprint density at radius 1 is 0.824 bits per heavy atom. The van der Waals surface area contributed by atoms with Crippen molar-refractivity contribution in [3.63, 3.8) is 0 Å². The molecule has 0 aliphatic carbocycles. The predicted molar refractivity (Wildman–Crippen MR) is 62.9 cm³/mol. The number of hydrogen-bond donors (Lipinski definition) is 1. The summed E-state index contributed by atoms with van der Waals surface area (Å²) in [5, 5.41) is 9.09. The van der Waals surface area contributed by atoms with Crippen LogP contribution in [0.1, 0.15) is 11.1 Å². The second-order valence-corrected chi connectivity index (χ2v) is 4.16. The van der Waals surface area contributed by atoms with Gasteiger partial charge in [0, 0.05) is 12.1 Å². The predicted octanol–water partition coefficient (Wildman–Crippen LogP) is 3.95. The van der Waals surface area contributed by atoms with Crippen molar-refractivity contribution in [2.24, 2.45) is 0 Å². The number of hydrogen-bond acceptors (Lipinski definition) is 1. The van der Waals surface area contributed by atoms with Gasteiger partial charge in [-0.2, -0.15) is 0 Å². The Morgan fingerprint density at radius 3 is 1.76 bits per heavy atom. The number of aromatic hydroxyl groups is 1. The lowest BCUT2D eigenvalue weighted by molar-refractivity contribution is 0.461. The van der Waals surface area contributed by atoms with Gasteiger partial charge in [0.1, 0.15) is 17.4 Å². The summed E-state index contributed by atoms with van der Waals surface area (Å²) >= 11 is 0. The van der Waals surface area contributed by atoms with Crippen LogP contribution >= 0.6 is 0 Å². The summed E-state index contributed by atoms with van der Waals surface area (Å²) < 4.78 is 27.3. The molecular weight excluding hydrogens is 222 g/mol. The second-order valence-electron chi connectivity index (χ2n) is 4.16. The Morgan fingerprint density at radius 2 is 1.29 bits per heavy atom. The lowest BCUT2D eigenvalue weighted by atomic mass is 10.00. The molecule has 3 heteroatoms. The molecule has 0 unspecified atom stereocenters. The van der Waals surface area contributed by atoms with E-state index in [2.05, 4.69) is 0 Å². The lowest BCUT2D eigenvalue weighted by Gasteiger charge is -2.08. The molecule has 2 rings (SSSR count). The third-order valence-electron chi connectivity index (χ3n) is 2.54. The first-order chi connectivity index (χ1) is 7.97. The van der Waals surface area contributed by atoms with E-state index < -0.39 is 17.4 Å². The van der Waals surface area contributed by atoms with Crippen molar-refractivity contribution >= 4 is 0 Å². The van der Waals surface area contributed by atoms with Crippen LogP contribution in [0.2, 0.25) is 0 Å². The topological polar surface area (TPSA) is 20.2 Å². The molecule has 0 fully saturated rings. The van der Waals surface area contributed by atoms with Crippen molar-refractivity contribution in [2.75, 3.05) is 0 Å². The highest BCUT2D eigenvalue weighted by molar-refractivity contribution is 5.67. The van der Waals surface area contributed by atoms with Crippen LogP contribution in [0.5, 0.6) is 5.75 Å². The molecule has 0 saturated heterocycles. The molecular formula is C14H12F2O. The van der Waals surface area contributed by atoms with Gasteiger partial charge in [0.25, 0.3) is 0 Å². The molecule has 0 bridgehead atoms. The van der Waals surface area contributed by atoms with Gasteiger partial charge in [0.15, 0.2) is 0 Å². The van der Waals surface area contributed by atoms with Crippen molar-refractivity contribution in [1.82, 2.24) is 0 Å². The van der Waals surface area contributed by atoms with Gasteiger partial charge in [-0.3, -0.25) is 0 Å². The van der Waals surface area contributed by atoms with Gasteiger partial charge in [0.05, 0.1) is 5.56 Å². The van der Waals surface area contributed by atoms with Crippen LogP contribution in [0.25, 0.3) is 11.1 Å². The van der Waals surface area contributed by atoms with Crippen LogP contribution in [0.15, 0.2) is 30.3 Å². The molecule has 2 aromatic rings. The molecule has 0 heterocycles.